The number of hydrogen-bond acceptors (Lipinski definition) is 4. The van der Waals surface area contributed by atoms with E-state index in [0.717, 1.165) is 16.9 Å². The summed E-state index contributed by atoms with van der Waals surface area (Å²) in [7, 11) is 1.52. The molecular formula is C12H10N2O4. The quantitative estimate of drug-likeness (QED) is 0.871. The van der Waals surface area contributed by atoms with Crippen LogP contribution in [0.15, 0.2) is 41.3 Å². The van der Waals surface area contributed by atoms with E-state index >= 15 is 0 Å². The van der Waals surface area contributed by atoms with Crippen LogP contribution < -0.4 is 10.3 Å². The third kappa shape index (κ3) is 2.22. The molecule has 2 aromatic rings. The number of aromatic nitrogens is 2. The van der Waals surface area contributed by atoms with Crippen LogP contribution in [0.25, 0.3) is 5.69 Å². The maximum absolute atomic E-state index is 11.7. The minimum absolute atomic E-state index is 0.140. The van der Waals surface area contributed by atoms with E-state index in [1.165, 1.54) is 7.11 Å². The Hall–Kier alpha value is -2.63. The number of carboxylic acid groups (broad SMARTS) is 1. The molecule has 1 N–H and O–H groups in total. The van der Waals surface area contributed by atoms with Gasteiger partial charge in [0.15, 0.2) is 0 Å². The fraction of sp³-hybridized carbons (Fsp3) is 0.0833. The van der Waals surface area contributed by atoms with Crippen molar-refractivity contribution in [2.75, 3.05) is 7.11 Å². The molecule has 6 nitrogen and oxygen atoms in total. The molecular weight excluding hydrogens is 236 g/mol. The summed E-state index contributed by atoms with van der Waals surface area (Å²) in [5.74, 6) is -0.596. The summed E-state index contributed by atoms with van der Waals surface area (Å²) in [4.78, 5) is 22.4. The highest BCUT2D eigenvalue weighted by Gasteiger charge is 2.08. The summed E-state index contributed by atoms with van der Waals surface area (Å²) in [5.41, 5.74) is -0.140. The van der Waals surface area contributed by atoms with Gasteiger partial charge < -0.3 is 9.84 Å². The van der Waals surface area contributed by atoms with E-state index in [1.54, 1.807) is 24.3 Å². The average molecular weight is 246 g/mol. The number of benzene rings is 1. The van der Waals surface area contributed by atoms with E-state index < -0.39 is 11.5 Å². The predicted octanol–water partition coefficient (Wildman–Crippen LogP) is 0.939. The van der Waals surface area contributed by atoms with Gasteiger partial charge in [0.2, 0.25) is 0 Å². The number of hydrogen-bond donors (Lipinski definition) is 1. The summed E-state index contributed by atoms with van der Waals surface area (Å²) in [5, 5.41) is 12.6. The summed E-state index contributed by atoms with van der Waals surface area (Å²) in [6.07, 6.45) is 1.13. The molecule has 1 aromatic heterocycles. The largest absolute Gasteiger partial charge is 0.497 e. The van der Waals surface area contributed by atoms with Crippen molar-refractivity contribution < 1.29 is 14.6 Å². The van der Waals surface area contributed by atoms with E-state index in [1.807, 2.05) is 0 Å². The standard InChI is InChI=1S/C12H10N2O4/c1-18-10-4-2-3-9(6-10)14-11(15)5-8(7-13-14)12(16)17/h2-7H,1H3,(H,16,17). The highest BCUT2D eigenvalue weighted by Crippen LogP contribution is 2.14. The van der Waals surface area contributed by atoms with Gasteiger partial charge in [-0.1, -0.05) is 6.07 Å². The smallest absolute Gasteiger partial charge is 0.337 e. The van der Waals surface area contributed by atoms with E-state index in [0.29, 0.717) is 11.4 Å². The maximum atomic E-state index is 11.7. The van der Waals surface area contributed by atoms with Gasteiger partial charge in [0.1, 0.15) is 5.75 Å². The zero-order valence-electron chi connectivity index (χ0n) is 9.53. The van der Waals surface area contributed by atoms with Crippen LogP contribution in [0.2, 0.25) is 0 Å². The Morgan fingerprint density at radius 2 is 2.17 bits per heavy atom. The first-order valence-electron chi connectivity index (χ1n) is 5.09. The van der Waals surface area contributed by atoms with Gasteiger partial charge in [0.25, 0.3) is 5.56 Å². The van der Waals surface area contributed by atoms with Gasteiger partial charge in [-0.05, 0) is 12.1 Å². The molecule has 0 saturated carbocycles. The molecule has 0 amide bonds. The molecule has 0 bridgehead atoms. The minimum Gasteiger partial charge on any atom is -0.497 e. The molecule has 92 valence electrons. The minimum atomic E-state index is -1.18. The molecule has 0 unspecified atom stereocenters. The number of rotatable bonds is 3. The van der Waals surface area contributed by atoms with E-state index in [-0.39, 0.29) is 5.56 Å². The summed E-state index contributed by atoms with van der Waals surface area (Å²) in [6, 6.07) is 7.79. The molecule has 0 fully saturated rings. The predicted molar refractivity (Wildman–Crippen MR) is 63.3 cm³/mol. The van der Waals surface area contributed by atoms with Crippen molar-refractivity contribution >= 4 is 5.97 Å². The Morgan fingerprint density at radius 1 is 1.39 bits per heavy atom. The van der Waals surface area contributed by atoms with Gasteiger partial charge in [0, 0.05) is 12.1 Å². The average Bonchev–Trinajstić information content (AvgIpc) is 2.38. The molecule has 18 heavy (non-hydrogen) atoms. The number of methoxy groups -OCH3 is 1. The van der Waals surface area contributed by atoms with E-state index in [2.05, 4.69) is 5.10 Å². The fourth-order valence-corrected chi connectivity index (χ4v) is 1.46. The third-order valence-electron chi connectivity index (χ3n) is 2.34. The van der Waals surface area contributed by atoms with Gasteiger partial charge in [0.05, 0.1) is 24.6 Å². The molecule has 6 heteroatoms. The van der Waals surface area contributed by atoms with Crippen LogP contribution in [-0.2, 0) is 0 Å². The van der Waals surface area contributed by atoms with E-state index in [9.17, 15) is 9.59 Å². The first-order chi connectivity index (χ1) is 8.61. The first kappa shape index (κ1) is 11.8. The monoisotopic (exact) mass is 246 g/mol. The van der Waals surface area contributed by atoms with Crippen molar-refractivity contribution in [3.8, 4) is 11.4 Å². The van der Waals surface area contributed by atoms with Gasteiger partial charge >= 0.3 is 5.97 Å². The second kappa shape index (κ2) is 4.70. The van der Waals surface area contributed by atoms with Crippen molar-refractivity contribution in [2.24, 2.45) is 0 Å². The lowest BCUT2D eigenvalue weighted by molar-refractivity contribution is 0.0696. The first-order valence-corrected chi connectivity index (χ1v) is 5.09. The Morgan fingerprint density at radius 3 is 2.78 bits per heavy atom. The van der Waals surface area contributed by atoms with Crippen LogP contribution in [0, 0.1) is 0 Å². The normalized spacial score (nSPS) is 10.1. The fourth-order valence-electron chi connectivity index (χ4n) is 1.46. The number of carboxylic acids is 1. The molecule has 1 heterocycles. The molecule has 0 radical (unpaired) electrons. The highest BCUT2D eigenvalue weighted by molar-refractivity contribution is 5.86. The maximum Gasteiger partial charge on any atom is 0.337 e. The zero-order chi connectivity index (χ0) is 13.1. The number of carbonyl (C=O) groups is 1. The van der Waals surface area contributed by atoms with Crippen molar-refractivity contribution in [3.05, 3.63) is 52.4 Å². The molecule has 0 saturated heterocycles. The van der Waals surface area contributed by atoms with Crippen molar-refractivity contribution in [1.29, 1.82) is 0 Å². The van der Waals surface area contributed by atoms with E-state index in [4.69, 9.17) is 9.84 Å². The summed E-state index contributed by atoms with van der Waals surface area (Å²) in [6.45, 7) is 0. The number of nitrogens with zero attached hydrogens (tertiary/aromatic N) is 2. The lowest BCUT2D eigenvalue weighted by Gasteiger charge is -2.06. The molecule has 0 aliphatic carbocycles. The van der Waals surface area contributed by atoms with Crippen LogP contribution in [0.4, 0.5) is 0 Å². The van der Waals surface area contributed by atoms with Crippen LogP contribution in [0.3, 0.4) is 0 Å². The summed E-state index contributed by atoms with van der Waals surface area (Å²) < 4.78 is 6.15. The summed E-state index contributed by atoms with van der Waals surface area (Å²) >= 11 is 0. The second-order valence-electron chi connectivity index (χ2n) is 3.50. The van der Waals surface area contributed by atoms with Crippen molar-refractivity contribution in [1.82, 2.24) is 9.78 Å². The molecule has 0 aliphatic heterocycles. The zero-order valence-corrected chi connectivity index (χ0v) is 9.53. The van der Waals surface area contributed by atoms with Gasteiger partial charge in [-0.2, -0.15) is 9.78 Å². The molecule has 0 aliphatic rings. The molecule has 0 atom stereocenters. The lowest BCUT2D eigenvalue weighted by atomic mass is 10.3. The number of ether oxygens (including phenoxy) is 1. The Labute approximate surface area is 102 Å². The van der Waals surface area contributed by atoms with Crippen LogP contribution >= 0.6 is 0 Å². The lowest BCUT2D eigenvalue weighted by Crippen LogP contribution is -2.21. The Kier molecular flexibility index (Phi) is 3.09. The van der Waals surface area contributed by atoms with Gasteiger partial charge in [-0.3, -0.25) is 4.79 Å². The van der Waals surface area contributed by atoms with Crippen LogP contribution in [0.5, 0.6) is 5.75 Å². The Bertz CT molecular complexity index is 649. The van der Waals surface area contributed by atoms with Crippen molar-refractivity contribution in [2.45, 2.75) is 0 Å². The van der Waals surface area contributed by atoms with Crippen LogP contribution in [-0.4, -0.2) is 28.0 Å². The SMILES string of the molecule is COc1cccc(-n2ncc(C(=O)O)cc2=O)c1. The molecule has 0 spiro atoms. The molecule has 1 aromatic carbocycles. The highest BCUT2D eigenvalue weighted by atomic mass is 16.5. The molecule has 2 rings (SSSR count). The number of aromatic carboxylic acids is 1. The van der Waals surface area contributed by atoms with Gasteiger partial charge in [-0.15, -0.1) is 0 Å². The Balaban J connectivity index is 2.51. The van der Waals surface area contributed by atoms with Crippen LogP contribution in [0.1, 0.15) is 10.4 Å². The third-order valence-corrected chi connectivity index (χ3v) is 2.34. The second-order valence-corrected chi connectivity index (χ2v) is 3.50. The topological polar surface area (TPSA) is 81.4 Å². The van der Waals surface area contributed by atoms with Crippen molar-refractivity contribution in [3.63, 3.8) is 0 Å². The van der Waals surface area contributed by atoms with Gasteiger partial charge in [-0.25, -0.2) is 4.79 Å².